The van der Waals surface area contributed by atoms with Crippen molar-refractivity contribution in [2.45, 2.75) is 19.5 Å². The number of hydrogen-bond donors (Lipinski definition) is 2. The van der Waals surface area contributed by atoms with Gasteiger partial charge < -0.3 is 15.4 Å². The van der Waals surface area contributed by atoms with E-state index in [2.05, 4.69) is 38.0 Å². The van der Waals surface area contributed by atoms with Crippen molar-refractivity contribution in [3.63, 3.8) is 0 Å². The molecule has 2 N–H and O–H groups in total. The predicted molar refractivity (Wildman–Crippen MR) is 124 cm³/mol. The topological polar surface area (TPSA) is 48.9 Å². The summed E-state index contributed by atoms with van der Waals surface area (Å²) in [4.78, 5) is 8.33. The second-order valence-corrected chi connectivity index (χ2v) is 7.33. The average molecular weight is 518 g/mol. The summed E-state index contributed by atoms with van der Waals surface area (Å²) in [5.74, 6) is 0.484. The number of rotatable bonds is 7. The van der Waals surface area contributed by atoms with E-state index in [9.17, 15) is 4.39 Å². The molecule has 1 aliphatic heterocycles. The first-order chi connectivity index (χ1) is 13.3. The van der Waals surface area contributed by atoms with E-state index in [1.54, 1.807) is 23.5 Å². The fraction of sp³-hybridized carbons (Fsp3) is 0.450. The van der Waals surface area contributed by atoms with Crippen molar-refractivity contribution >= 4 is 41.3 Å². The molecule has 8 heteroatoms. The Hall–Kier alpha value is -1.23. The van der Waals surface area contributed by atoms with Gasteiger partial charge in [0.25, 0.3) is 0 Å². The third-order valence-corrected chi connectivity index (χ3v) is 5.50. The molecule has 0 aliphatic carbocycles. The maximum atomic E-state index is 13.8. The van der Waals surface area contributed by atoms with Gasteiger partial charge >= 0.3 is 0 Å². The summed E-state index contributed by atoms with van der Waals surface area (Å²) in [5.41, 5.74) is 0.595. The molecule has 0 spiro atoms. The fourth-order valence-electron chi connectivity index (χ4n) is 3.11. The number of ether oxygens (including phenoxy) is 1. The third-order valence-electron chi connectivity index (χ3n) is 4.53. The van der Waals surface area contributed by atoms with E-state index in [1.807, 2.05) is 13.0 Å². The van der Waals surface area contributed by atoms with Crippen molar-refractivity contribution < 1.29 is 9.13 Å². The van der Waals surface area contributed by atoms with Crippen molar-refractivity contribution in [1.29, 1.82) is 0 Å². The lowest BCUT2D eigenvalue weighted by Crippen LogP contribution is -2.46. The smallest absolute Gasteiger partial charge is 0.191 e. The molecule has 5 nitrogen and oxygen atoms in total. The monoisotopic (exact) mass is 518 g/mol. The maximum Gasteiger partial charge on any atom is 0.191 e. The van der Waals surface area contributed by atoms with Crippen LogP contribution in [0.15, 0.2) is 46.8 Å². The summed E-state index contributed by atoms with van der Waals surface area (Å²) < 4.78 is 19.3. The molecule has 154 valence electrons. The van der Waals surface area contributed by atoms with Gasteiger partial charge in [-0.15, -0.1) is 35.3 Å². The zero-order valence-corrected chi connectivity index (χ0v) is 19.2. The first kappa shape index (κ1) is 23.1. The highest BCUT2D eigenvalue weighted by Gasteiger charge is 2.23. The lowest BCUT2D eigenvalue weighted by molar-refractivity contribution is 0.0177. The number of morpholine rings is 1. The van der Waals surface area contributed by atoms with Crippen LogP contribution in [0.1, 0.15) is 23.4 Å². The molecule has 2 heterocycles. The largest absolute Gasteiger partial charge is 0.379 e. The molecule has 1 aromatic carbocycles. The molecule has 1 atom stereocenters. The van der Waals surface area contributed by atoms with Crippen molar-refractivity contribution in [2.75, 3.05) is 39.4 Å². The molecule has 0 radical (unpaired) electrons. The van der Waals surface area contributed by atoms with Gasteiger partial charge in [-0.1, -0.05) is 24.3 Å². The Morgan fingerprint density at radius 1 is 1.21 bits per heavy atom. The van der Waals surface area contributed by atoms with Crippen LogP contribution in [0.4, 0.5) is 4.39 Å². The summed E-state index contributed by atoms with van der Waals surface area (Å²) >= 11 is 1.77. The second-order valence-electron chi connectivity index (χ2n) is 6.35. The predicted octanol–water partition coefficient (Wildman–Crippen LogP) is 3.63. The van der Waals surface area contributed by atoms with Gasteiger partial charge in [0.1, 0.15) is 5.82 Å². The first-order valence-electron chi connectivity index (χ1n) is 9.38. The Kier molecular flexibility index (Phi) is 10.2. The first-order valence-corrected chi connectivity index (χ1v) is 10.3. The molecular formula is C20H28FIN4OS. The van der Waals surface area contributed by atoms with Crippen LogP contribution in [0.3, 0.4) is 0 Å². The van der Waals surface area contributed by atoms with E-state index in [4.69, 9.17) is 4.74 Å². The van der Waals surface area contributed by atoms with Crippen LogP contribution in [-0.4, -0.2) is 50.3 Å². The van der Waals surface area contributed by atoms with Crippen LogP contribution in [0.2, 0.25) is 0 Å². The van der Waals surface area contributed by atoms with Crippen LogP contribution in [0.25, 0.3) is 0 Å². The van der Waals surface area contributed by atoms with E-state index in [1.165, 1.54) is 10.9 Å². The molecular weight excluding hydrogens is 490 g/mol. The molecule has 1 aromatic heterocycles. The van der Waals surface area contributed by atoms with Gasteiger partial charge in [0.05, 0.1) is 25.8 Å². The summed E-state index contributed by atoms with van der Waals surface area (Å²) in [6, 6.07) is 11.3. The number of halogens is 2. The number of nitrogens with one attached hydrogen (secondary N) is 2. The van der Waals surface area contributed by atoms with Crippen molar-refractivity contribution in [3.05, 3.63) is 58.0 Å². The van der Waals surface area contributed by atoms with Crippen molar-refractivity contribution in [1.82, 2.24) is 15.5 Å². The minimum Gasteiger partial charge on any atom is -0.379 e. The van der Waals surface area contributed by atoms with E-state index < -0.39 is 0 Å². The molecule has 2 aromatic rings. The van der Waals surface area contributed by atoms with Gasteiger partial charge in [0, 0.05) is 36.6 Å². The number of benzene rings is 1. The molecule has 0 bridgehead atoms. The summed E-state index contributed by atoms with van der Waals surface area (Å²) in [5, 5.41) is 8.80. The van der Waals surface area contributed by atoms with Crippen molar-refractivity contribution in [3.8, 4) is 0 Å². The second kappa shape index (κ2) is 12.4. The summed E-state index contributed by atoms with van der Waals surface area (Å²) in [6.07, 6.45) is 0. The quantitative estimate of drug-likeness (QED) is 0.334. The Morgan fingerprint density at radius 3 is 2.68 bits per heavy atom. The van der Waals surface area contributed by atoms with Crippen molar-refractivity contribution in [2.24, 2.45) is 4.99 Å². The highest BCUT2D eigenvalue weighted by molar-refractivity contribution is 14.0. The molecule has 28 heavy (non-hydrogen) atoms. The summed E-state index contributed by atoms with van der Waals surface area (Å²) in [6.45, 7) is 7.21. The Bertz CT molecular complexity index is 723. The zero-order valence-electron chi connectivity index (χ0n) is 16.1. The van der Waals surface area contributed by atoms with Crippen LogP contribution < -0.4 is 10.6 Å². The van der Waals surface area contributed by atoms with Gasteiger partial charge in [-0.05, 0) is 24.4 Å². The number of aliphatic imine (C=N–C) groups is 1. The Balaban J connectivity index is 0.00000280. The number of thiophene rings is 1. The standard InChI is InChI=1S/C20H27FN4OS.HI/c1-2-22-20(23-14-16-6-3-4-7-17(16)21)24-15-18(19-8-5-13-27-19)25-9-11-26-12-10-25;/h3-8,13,18H,2,9-12,14-15H2,1H3,(H2,22,23,24);1H. The maximum absolute atomic E-state index is 13.8. The number of guanidine groups is 1. The zero-order chi connectivity index (χ0) is 18.9. The molecule has 0 saturated carbocycles. The minimum absolute atomic E-state index is 0. The van der Waals surface area contributed by atoms with Crippen LogP contribution in [0.5, 0.6) is 0 Å². The van der Waals surface area contributed by atoms with Crippen LogP contribution in [-0.2, 0) is 11.3 Å². The molecule has 1 unspecified atom stereocenters. The molecule has 1 saturated heterocycles. The number of nitrogens with zero attached hydrogens (tertiary/aromatic N) is 2. The molecule has 0 amide bonds. The van der Waals surface area contributed by atoms with Gasteiger partial charge in [-0.2, -0.15) is 0 Å². The van der Waals surface area contributed by atoms with E-state index in [0.717, 1.165) is 39.4 Å². The number of hydrogen-bond acceptors (Lipinski definition) is 4. The highest BCUT2D eigenvalue weighted by atomic mass is 127. The third kappa shape index (κ3) is 6.68. The average Bonchev–Trinajstić information content (AvgIpc) is 3.22. The SMILES string of the molecule is CCNC(=NCc1ccccc1F)NCC(c1cccs1)N1CCOCC1.I. The fourth-order valence-corrected chi connectivity index (χ4v) is 3.97. The van der Waals surface area contributed by atoms with Gasteiger partial charge in [-0.25, -0.2) is 9.38 Å². The molecule has 1 aliphatic rings. The van der Waals surface area contributed by atoms with Gasteiger partial charge in [0.15, 0.2) is 5.96 Å². The van der Waals surface area contributed by atoms with E-state index in [0.29, 0.717) is 18.1 Å². The Labute approximate surface area is 187 Å². The van der Waals surface area contributed by atoms with Crippen LogP contribution in [0, 0.1) is 5.82 Å². The lowest BCUT2D eigenvalue weighted by Gasteiger charge is -2.34. The summed E-state index contributed by atoms with van der Waals surface area (Å²) in [7, 11) is 0. The van der Waals surface area contributed by atoms with Crippen LogP contribution >= 0.6 is 35.3 Å². The van der Waals surface area contributed by atoms with Gasteiger partial charge in [-0.3, -0.25) is 4.90 Å². The highest BCUT2D eigenvalue weighted by Crippen LogP contribution is 2.25. The van der Waals surface area contributed by atoms with Gasteiger partial charge in [0.2, 0.25) is 0 Å². The minimum atomic E-state index is -0.220. The van der Waals surface area contributed by atoms with E-state index in [-0.39, 0.29) is 35.8 Å². The Morgan fingerprint density at radius 2 is 2.00 bits per heavy atom. The molecule has 1 fully saturated rings. The normalized spacial score (nSPS) is 16.3. The van der Waals surface area contributed by atoms with E-state index >= 15 is 0 Å². The molecule has 3 rings (SSSR count). The lowest BCUT2D eigenvalue weighted by atomic mass is 10.2.